The summed E-state index contributed by atoms with van der Waals surface area (Å²) in [5.41, 5.74) is 8.24. The fraction of sp³-hybridized carbons (Fsp3) is 0.421. The second-order valence-electron chi connectivity index (χ2n) is 6.73. The summed E-state index contributed by atoms with van der Waals surface area (Å²) in [6, 6.07) is 8.34. The van der Waals surface area contributed by atoms with Gasteiger partial charge in [-0.05, 0) is 30.7 Å². The first kappa shape index (κ1) is 20.0. The maximum atomic E-state index is 12.3. The Bertz CT molecular complexity index is 829. The van der Waals surface area contributed by atoms with Gasteiger partial charge in [-0.15, -0.1) is 0 Å². The van der Waals surface area contributed by atoms with Crippen LogP contribution in [0.2, 0.25) is 0 Å². The van der Waals surface area contributed by atoms with Crippen molar-refractivity contribution in [3.8, 4) is 0 Å². The summed E-state index contributed by atoms with van der Waals surface area (Å²) in [6.07, 6.45) is -0.461. The zero-order valence-corrected chi connectivity index (χ0v) is 16.0. The Morgan fingerprint density at radius 2 is 2.11 bits per heavy atom. The third kappa shape index (κ3) is 4.06. The summed E-state index contributed by atoms with van der Waals surface area (Å²) in [4.78, 5) is 25.9. The molecule has 2 aromatic rings. The van der Waals surface area contributed by atoms with Crippen LogP contribution in [0.25, 0.3) is 0 Å². The van der Waals surface area contributed by atoms with E-state index in [-0.39, 0.29) is 25.0 Å². The molecule has 150 valence electrons. The number of aliphatic hydroxyl groups is 1. The second-order valence-corrected chi connectivity index (χ2v) is 6.73. The van der Waals surface area contributed by atoms with Gasteiger partial charge >= 0.3 is 0 Å². The van der Waals surface area contributed by atoms with E-state index in [4.69, 9.17) is 10.5 Å². The molecular formula is C19H25N5O4. The van der Waals surface area contributed by atoms with Crippen molar-refractivity contribution in [1.29, 1.82) is 0 Å². The van der Waals surface area contributed by atoms with E-state index in [9.17, 15) is 14.7 Å². The normalized spacial score (nSPS) is 19.7. The van der Waals surface area contributed by atoms with E-state index in [1.54, 1.807) is 34.8 Å². The lowest BCUT2D eigenvalue weighted by Crippen LogP contribution is -2.54. The van der Waals surface area contributed by atoms with E-state index >= 15 is 0 Å². The number of benzene rings is 1. The molecular weight excluding hydrogens is 362 g/mol. The Morgan fingerprint density at radius 1 is 1.39 bits per heavy atom. The number of anilines is 1. The highest BCUT2D eigenvalue weighted by molar-refractivity contribution is 6.02. The number of aliphatic hydroxyl groups excluding tert-OH is 1. The second kappa shape index (κ2) is 8.51. The number of aryl methyl sites for hydroxylation is 2. The highest BCUT2D eigenvalue weighted by Gasteiger charge is 2.36. The third-order valence-electron chi connectivity index (χ3n) is 4.86. The molecule has 1 aliphatic heterocycles. The lowest BCUT2D eigenvalue weighted by molar-refractivity contribution is -0.160. The predicted molar refractivity (Wildman–Crippen MR) is 103 cm³/mol. The molecule has 28 heavy (non-hydrogen) atoms. The molecule has 0 radical (unpaired) electrons. The van der Waals surface area contributed by atoms with E-state index in [1.165, 1.54) is 0 Å². The number of carbonyl (C=O) groups is 2. The Morgan fingerprint density at radius 3 is 2.68 bits per heavy atom. The lowest BCUT2D eigenvalue weighted by Gasteiger charge is -2.40. The van der Waals surface area contributed by atoms with E-state index in [0.717, 1.165) is 11.3 Å². The number of nitrogens with one attached hydrogen (secondary N) is 1. The van der Waals surface area contributed by atoms with Crippen LogP contribution in [0.5, 0.6) is 0 Å². The molecule has 2 heterocycles. The van der Waals surface area contributed by atoms with Crippen LogP contribution >= 0.6 is 0 Å². The van der Waals surface area contributed by atoms with Crippen molar-refractivity contribution in [3.05, 3.63) is 47.3 Å². The van der Waals surface area contributed by atoms with Crippen molar-refractivity contribution in [1.82, 2.24) is 14.7 Å². The monoisotopic (exact) mass is 387 g/mol. The summed E-state index contributed by atoms with van der Waals surface area (Å²) in [5.74, 6) is -0.478. The summed E-state index contributed by atoms with van der Waals surface area (Å²) in [7, 11) is 1.78. The van der Waals surface area contributed by atoms with E-state index in [1.807, 2.05) is 19.1 Å². The van der Waals surface area contributed by atoms with Gasteiger partial charge in [0, 0.05) is 31.5 Å². The van der Waals surface area contributed by atoms with Crippen LogP contribution in [0.1, 0.15) is 27.8 Å². The minimum Gasteiger partial charge on any atom is -0.394 e. The van der Waals surface area contributed by atoms with Crippen LogP contribution in [0.3, 0.4) is 0 Å². The molecule has 2 amide bonds. The molecule has 1 aliphatic rings. The predicted octanol–water partition coefficient (Wildman–Crippen LogP) is 0.200. The molecule has 0 bridgehead atoms. The van der Waals surface area contributed by atoms with Gasteiger partial charge in [0.1, 0.15) is 12.7 Å². The molecule has 2 unspecified atom stereocenters. The minimum atomic E-state index is -0.498. The lowest BCUT2D eigenvalue weighted by atomic mass is 9.99. The molecule has 9 nitrogen and oxygen atoms in total. The van der Waals surface area contributed by atoms with Crippen LogP contribution in [-0.2, 0) is 16.6 Å². The number of morpholine rings is 1. The number of nitrogens with two attached hydrogens (primary N) is 1. The van der Waals surface area contributed by atoms with Gasteiger partial charge in [0.05, 0.1) is 12.6 Å². The van der Waals surface area contributed by atoms with E-state index in [2.05, 4.69) is 10.4 Å². The molecule has 1 aromatic heterocycles. The molecule has 0 saturated carbocycles. The smallest absolute Gasteiger partial charge is 0.276 e. The van der Waals surface area contributed by atoms with E-state index in [0.29, 0.717) is 24.5 Å². The van der Waals surface area contributed by atoms with Gasteiger partial charge < -0.3 is 25.8 Å². The van der Waals surface area contributed by atoms with Crippen molar-refractivity contribution >= 4 is 17.5 Å². The van der Waals surface area contributed by atoms with Crippen LogP contribution in [0.4, 0.5) is 5.69 Å². The Labute approximate surface area is 163 Å². The number of ether oxygens (including phenoxy) is 1. The molecule has 9 heteroatoms. The van der Waals surface area contributed by atoms with Gasteiger partial charge in [-0.2, -0.15) is 5.10 Å². The van der Waals surface area contributed by atoms with Crippen LogP contribution in [0, 0.1) is 6.92 Å². The first-order chi connectivity index (χ1) is 13.4. The van der Waals surface area contributed by atoms with Crippen molar-refractivity contribution in [2.24, 2.45) is 12.8 Å². The Kier molecular flexibility index (Phi) is 6.08. The molecule has 0 spiro atoms. The van der Waals surface area contributed by atoms with Crippen molar-refractivity contribution in [3.63, 3.8) is 0 Å². The fourth-order valence-electron chi connectivity index (χ4n) is 3.27. The topological polar surface area (TPSA) is 123 Å². The molecule has 2 atom stereocenters. The van der Waals surface area contributed by atoms with Crippen molar-refractivity contribution in [2.75, 3.05) is 31.6 Å². The number of amides is 2. The van der Waals surface area contributed by atoms with Crippen molar-refractivity contribution < 1.29 is 19.4 Å². The zero-order chi connectivity index (χ0) is 20.3. The quantitative estimate of drug-likeness (QED) is 0.651. The third-order valence-corrected chi connectivity index (χ3v) is 4.86. The van der Waals surface area contributed by atoms with Gasteiger partial charge in [-0.3, -0.25) is 14.3 Å². The highest BCUT2D eigenvalue weighted by Crippen LogP contribution is 2.29. The largest absolute Gasteiger partial charge is 0.394 e. The average Bonchev–Trinajstić information content (AvgIpc) is 3.03. The molecule has 3 rings (SSSR count). The Hall–Kier alpha value is -2.75. The van der Waals surface area contributed by atoms with Gasteiger partial charge in [-0.25, -0.2) is 0 Å². The summed E-state index contributed by atoms with van der Waals surface area (Å²) >= 11 is 0. The van der Waals surface area contributed by atoms with Crippen LogP contribution in [-0.4, -0.2) is 63.9 Å². The fourth-order valence-corrected chi connectivity index (χ4v) is 3.27. The standard InChI is InChI=1S/C19H25N5O4/c1-12-9-15(22-23(12)2)19(27)21-14-5-3-13(4-6-14)18-16(10-25)24(8-7-20)17(26)11-28-18/h3-6,9,16,18,25H,7-8,10-11,20H2,1-2H3,(H,21,27). The Balaban J connectivity index is 1.72. The first-order valence-electron chi connectivity index (χ1n) is 9.08. The number of hydrogen-bond acceptors (Lipinski definition) is 6. The molecule has 1 saturated heterocycles. The summed E-state index contributed by atoms with van der Waals surface area (Å²) < 4.78 is 7.31. The van der Waals surface area contributed by atoms with Gasteiger partial charge in [0.15, 0.2) is 5.69 Å². The number of aromatic nitrogens is 2. The van der Waals surface area contributed by atoms with Crippen molar-refractivity contribution in [2.45, 2.75) is 19.1 Å². The van der Waals surface area contributed by atoms with Gasteiger partial charge in [0.25, 0.3) is 5.91 Å². The van der Waals surface area contributed by atoms with Gasteiger partial charge in [0.2, 0.25) is 5.91 Å². The number of carbonyl (C=O) groups excluding carboxylic acids is 2. The minimum absolute atomic E-state index is 0.0569. The maximum Gasteiger partial charge on any atom is 0.276 e. The zero-order valence-electron chi connectivity index (χ0n) is 16.0. The molecule has 0 aliphatic carbocycles. The number of hydrogen-bond donors (Lipinski definition) is 3. The molecule has 1 fully saturated rings. The summed E-state index contributed by atoms with van der Waals surface area (Å²) in [6.45, 7) is 2.26. The number of nitrogens with zero attached hydrogens (tertiary/aromatic N) is 3. The summed E-state index contributed by atoms with van der Waals surface area (Å²) in [5, 5.41) is 16.7. The highest BCUT2D eigenvalue weighted by atomic mass is 16.5. The first-order valence-corrected chi connectivity index (χ1v) is 9.08. The van der Waals surface area contributed by atoms with Gasteiger partial charge in [-0.1, -0.05) is 12.1 Å². The van der Waals surface area contributed by atoms with Crippen LogP contribution in [0.15, 0.2) is 30.3 Å². The SMILES string of the molecule is Cc1cc(C(=O)Nc2ccc(C3OCC(=O)N(CCN)C3CO)cc2)nn1C. The molecule has 4 N–H and O–H groups in total. The average molecular weight is 387 g/mol. The molecule has 1 aromatic carbocycles. The van der Waals surface area contributed by atoms with Crippen LogP contribution < -0.4 is 11.1 Å². The maximum absolute atomic E-state index is 12.3. The number of rotatable bonds is 6. The van der Waals surface area contributed by atoms with E-state index < -0.39 is 12.1 Å².